The number of hydrogen-bond donors (Lipinski definition) is 4. The number of fused-ring (bicyclic) bond motifs is 1. The summed E-state index contributed by atoms with van der Waals surface area (Å²) in [7, 11) is 0. The van der Waals surface area contributed by atoms with Crippen molar-refractivity contribution < 1.29 is 28.0 Å². The Morgan fingerprint density at radius 2 is 2.00 bits per heavy atom. The lowest BCUT2D eigenvalue weighted by molar-refractivity contribution is -0.142. The minimum atomic E-state index is -2.73. The van der Waals surface area contributed by atoms with E-state index in [1.54, 1.807) is 0 Å². The summed E-state index contributed by atoms with van der Waals surface area (Å²) >= 11 is 0. The van der Waals surface area contributed by atoms with Gasteiger partial charge in [-0.15, -0.1) is 0 Å². The number of hydrogen-bond acceptors (Lipinski definition) is 5. The molecule has 2 aliphatic heterocycles. The molecule has 0 aromatic heterocycles. The molecular formula is C19H29F2N5O4. The number of rotatable bonds is 8. The fourth-order valence-corrected chi connectivity index (χ4v) is 4.98. The Labute approximate surface area is 173 Å². The van der Waals surface area contributed by atoms with Crippen LogP contribution in [0.1, 0.15) is 33.1 Å². The van der Waals surface area contributed by atoms with Gasteiger partial charge in [0.25, 0.3) is 0 Å². The predicted octanol–water partition coefficient (Wildman–Crippen LogP) is -1.05. The highest BCUT2D eigenvalue weighted by Gasteiger charge is 2.69. The molecule has 0 aromatic rings. The average molecular weight is 429 g/mol. The number of nitrogens with one attached hydrogen (secondary N) is 2. The van der Waals surface area contributed by atoms with Crippen molar-refractivity contribution in [2.45, 2.75) is 57.7 Å². The van der Waals surface area contributed by atoms with Crippen molar-refractivity contribution in [3.63, 3.8) is 0 Å². The van der Waals surface area contributed by atoms with Crippen LogP contribution in [0.25, 0.3) is 0 Å². The van der Waals surface area contributed by atoms with Crippen molar-refractivity contribution in [2.75, 3.05) is 13.1 Å². The fourth-order valence-electron chi connectivity index (χ4n) is 4.98. The summed E-state index contributed by atoms with van der Waals surface area (Å²) in [6.07, 6.45) is -2.92. The van der Waals surface area contributed by atoms with Crippen molar-refractivity contribution in [3.05, 3.63) is 0 Å². The fraction of sp³-hybridized carbons (Fsp3) is 0.789. The van der Waals surface area contributed by atoms with E-state index in [0.29, 0.717) is 13.0 Å². The smallest absolute Gasteiger partial charge is 0.243 e. The molecule has 1 saturated carbocycles. The molecule has 3 fully saturated rings. The van der Waals surface area contributed by atoms with Crippen LogP contribution in [0.4, 0.5) is 8.78 Å². The quantitative estimate of drug-likeness (QED) is 0.389. The number of nitrogens with two attached hydrogens (primary N) is 2. The van der Waals surface area contributed by atoms with Gasteiger partial charge in [0.05, 0.1) is 6.04 Å². The van der Waals surface area contributed by atoms with E-state index in [1.165, 1.54) is 4.90 Å². The molecule has 0 bridgehead atoms. The first-order chi connectivity index (χ1) is 13.9. The maximum atomic E-state index is 13.1. The van der Waals surface area contributed by atoms with E-state index in [0.717, 1.165) is 0 Å². The number of carbonyl (C=O) groups excluding carboxylic acids is 4. The predicted molar refractivity (Wildman–Crippen MR) is 102 cm³/mol. The molecule has 0 spiro atoms. The maximum absolute atomic E-state index is 13.1. The van der Waals surface area contributed by atoms with Gasteiger partial charge in [-0.05, 0) is 30.1 Å². The second kappa shape index (κ2) is 8.09. The van der Waals surface area contributed by atoms with Crippen LogP contribution < -0.4 is 22.1 Å². The van der Waals surface area contributed by atoms with Gasteiger partial charge < -0.3 is 27.0 Å². The van der Waals surface area contributed by atoms with E-state index in [2.05, 4.69) is 10.6 Å². The van der Waals surface area contributed by atoms with Gasteiger partial charge in [0, 0.05) is 25.4 Å². The standard InChI is InChI=1S/C19H29F2N5O4/c1-19(2)9-7-26(18(30)10(22)6-12(20)21)14(13(9)19)17(29)25-11(15(23)27)5-8-3-4-24-16(8)28/h8-14H,3-7,22H2,1-2H3,(H2,23,27)(H,24,28)(H,25,29)/t8-,9-,10-,11-,13-,14-/m0/s1. The lowest BCUT2D eigenvalue weighted by Crippen LogP contribution is -2.57. The average Bonchev–Trinajstić information content (AvgIpc) is 3.01. The zero-order chi connectivity index (χ0) is 22.4. The lowest BCUT2D eigenvalue weighted by Gasteiger charge is -2.32. The minimum absolute atomic E-state index is 0.0450. The molecule has 9 nitrogen and oxygen atoms in total. The largest absolute Gasteiger partial charge is 0.368 e. The third-order valence-electron chi connectivity index (χ3n) is 6.85. The van der Waals surface area contributed by atoms with Gasteiger partial charge in [0.2, 0.25) is 30.1 Å². The van der Waals surface area contributed by atoms with Crippen molar-refractivity contribution in [1.82, 2.24) is 15.5 Å². The molecule has 6 N–H and O–H groups in total. The molecule has 0 unspecified atom stereocenters. The first kappa shape index (κ1) is 22.4. The van der Waals surface area contributed by atoms with Crippen LogP contribution >= 0.6 is 0 Å². The molecule has 0 aromatic carbocycles. The molecule has 0 radical (unpaired) electrons. The van der Waals surface area contributed by atoms with E-state index in [9.17, 15) is 28.0 Å². The molecule has 30 heavy (non-hydrogen) atoms. The molecule has 1 aliphatic carbocycles. The number of primary amides is 1. The third kappa shape index (κ3) is 4.12. The summed E-state index contributed by atoms with van der Waals surface area (Å²) in [6, 6.07) is -3.39. The highest BCUT2D eigenvalue weighted by molar-refractivity contribution is 5.94. The van der Waals surface area contributed by atoms with Gasteiger partial charge in [-0.2, -0.15) is 0 Å². The maximum Gasteiger partial charge on any atom is 0.243 e. The molecule has 11 heteroatoms. The van der Waals surface area contributed by atoms with Crippen LogP contribution in [0.5, 0.6) is 0 Å². The van der Waals surface area contributed by atoms with E-state index < -0.39 is 54.6 Å². The highest BCUT2D eigenvalue weighted by Crippen LogP contribution is 2.64. The number of piperidine rings is 1. The van der Waals surface area contributed by atoms with Gasteiger partial charge in [-0.3, -0.25) is 19.2 Å². The van der Waals surface area contributed by atoms with Crippen molar-refractivity contribution in [2.24, 2.45) is 34.6 Å². The van der Waals surface area contributed by atoms with E-state index in [4.69, 9.17) is 11.5 Å². The van der Waals surface area contributed by atoms with Crippen molar-refractivity contribution >= 4 is 23.6 Å². The van der Waals surface area contributed by atoms with Crippen LogP contribution in [0.2, 0.25) is 0 Å². The van der Waals surface area contributed by atoms with Gasteiger partial charge in [0.15, 0.2) is 0 Å². The molecule has 3 aliphatic rings. The number of amides is 4. The van der Waals surface area contributed by atoms with Crippen LogP contribution in [-0.2, 0) is 19.2 Å². The Kier molecular flexibility index (Phi) is 6.03. The molecular weight excluding hydrogens is 400 g/mol. The van der Waals surface area contributed by atoms with Crippen LogP contribution in [-0.4, -0.2) is 66.2 Å². The Morgan fingerprint density at radius 1 is 1.33 bits per heavy atom. The van der Waals surface area contributed by atoms with Crippen LogP contribution in [0, 0.1) is 23.2 Å². The number of alkyl halides is 2. The summed E-state index contributed by atoms with van der Waals surface area (Å²) in [5.74, 6) is -2.81. The first-order valence-electron chi connectivity index (χ1n) is 10.2. The summed E-state index contributed by atoms with van der Waals surface area (Å²) in [6.45, 7) is 4.68. The third-order valence-corrected chi connectivity index (χ3v) is 6.85. The minimum Gasteiger partial charge on any atom is -0.368 e. The number of carbonyl (C=O) groups is 4. The molecule has 4 amide bonds. The molecule has 3 rings (SSSR count). The van der Waals surface area contributed by atoms with Gasteiger partial charge in [0.1, 0.15) is 12.1 Å². The van der Waals surface area contributed by atoms with E-state index in [1.807, 2.05) is 13.8 Å². The van der Waals surface area contributed by atoms with E-state index in [-0.39, 0.29) is 36.1 Å². The van der Waals surface area contributed by atoms with Crippen molar-refractivity contribution in [1.29, 1.82) is 0 Å². The Hall–Kier alpha value is -2.30. The van der Waals surface area contributed by atoms with Crippen LogP contribution in [0.3, 0.4) is 0 Å². The number of likely N-dealkylation sites (tertiary alicyclic amines) is 1. The zero-order valence-electron chi connectivity index (χ0n) is 17.1. The molecule has 2 saturated heterocycles. The Balaban J connectivity index is 1.73. The second-order valence-corrected chi connectivity index (χ2v) is 9.10. The SMILES string of the molecule is CC1(C)[C@@H]2[C@@H](C(=O)N[C@@H](C[C@@H]3CCNC3=O)C(N)=O)N(C(=O)[C@@H](N)CC(F)F)C[C@@H]21. The zero-order valence-corrected chi connectivity index (χ0v) is 17.1. The second-order valence-electron chi connectivity index (χ2n) is 9.10. The van der Waals surface area contributed by atoms with Gasteiger partial charge in [-0.1, -0.05) is 13.8 Å². The summed E-state index contributed by atoms with van der Waals surface area (Å²) in [5, 5.41) is 5.25. The number of nitrogens with zero attached hydrogens (tertiary/aromatic N) is 1. The van der Waals surface area contributed by atoms with Crippen molar-refractivity contribution in [3.8, 4) is 0 Å². The Bertz CT molecular complexity index is 746. The summed E-state index contributed by atoms with van der Waals surface area (Å²) < 4.78 is 25.3. The highest BCUT2D eigenvalue weighted by atomic mass is 19.3. The monoisotopic (exact) mass is 429 g/mol. The van der Waals surface area contributed by atoms with Crippen LogP contribution in [0.15, 0.2) is 0 Å². The normalized spacial score (nSPS) is 31.1. The summed E-state index contributed by atoms with van der Waals surface area (Å²) in [5.41, 5.74) is 10.9. The molecule has 168 valence electrons. The molecule has 6 atom stereocenters. The number of halogens is 2. The van der Waals surface area contributed by atoms with Gasteiger partial charge in [-0.25, -0.2) is 8.78 Å². The lowest BCUT2D eigenvalue weighted by atomic mass is 9.96. The Morgan fingerprint density at radius 3 is 2.53 bits per heavy atom. The summed E-state index contributed by atoms with van der Waals surface area (Å²) in [4.78, 5) is 50.7. The topological polar surface area (TPSA) is 148 Å². The van der Waals surface area contributed by atoms with E-state index >= 15 is 0 Å². The van der Waals surface area contributed by atoms with Gasteiger partial charge >= 0.3 is 0 Å². The molecule has 2 heterocycles. The first-order valence-corrected chi connectivity index (χ1v) is 10.2.